The molecular formula is C24H23N3O6. The predicted molar refractivity (Wildman–Crippen MR) is 122 cm³/mol. The maximum absolute atomic E-state index is 12.2. The Balaban J connectivity index is 1.66. The normalized spacial score (nSPS) is 11.0. The molecule has 0 aliphatic rings. The summed E-state index contributed by atoms with van der Waals surface area (Å²) in [6, 6.07) is 13.4. The summed E-state index contributed by atoms with van der Waals surface area (Å²) >= 11 is 0. The number of methoxy groups -OCH3 is 1. The second-order valence-electron chi connectivity index (χ2n) is 7.14. The van der Waals surface area contributed by atoms with Crippen LogP contribution in [0.15, 0.2) is 64.3 Å². The summed E-state index contributed by atoms with van der Waals surface area (Å²) in [4.78, 5) is 36.5. The number of amides is 2. The second kappa shape index (κ2) is 10.3. The highest BCUT2D eigenvalue weighted by atomic mass is 16.6. The number of nitrogens with zero attached hydrogens (tertiary/aromatic N) is 1. The van der Waals surface area contributed by atoms with Gasteiger partial charge in [0.25, 0.3) is 0 Å². The van der Waals surface area contributed by atoms with Gasteiger partial charge in [-0.3, -0.25) is 9.59 Å². The first-order valence-corrected chi connectivity index (χ1v) is 9.95. The van der Waals surface area contributed by atoms with E-state index in [1.807, 2.05) is 26.0 Å². The molecule has 3 rings (SSSR count). The maximum Gasteiger partial charge on any atom is 0.379 e. The molecule has 0 spiro atoms. The van der Waals surface area contributed by atoms with Gasteiger partial charge in [0.2, 0.25) is 5.76 Å². The van der Waals surface area contributed by atoms with E-state index in [1.165, 1.54) is 25.5 Å². The number of anilines is 1. The number of carbonyl (C=O) groups is 3. The summed E-state index contributed by atoms with van der Waals surface area (Å²) in [7, 11) is 1.43. The van der Waals surface area contributed by atoms with Gasteiger partial charge >= 0.3 is 17.8 Å². The van der Waals surface area contributed by atoms with Gasteiger partial charge in [-0.2, -0.15) is 5.10 Å². The van der Waals surface area contributed by atoms with E-state index in [-0.39, 0.29) is 17.3 Å². The average molecular weight is 449 g/mol. The highest BCUT2D eigenvalue weighted by molar-refractivity contribution is 6.39. The zero-order valence-corrected chi connectivity index (χ0v) is 18.6. The van der Waals surface area contributed by atoms with Crippen molar-refractivity contribution < 1.29 is 28.3 Å². The monoisotopic (exact) mass is 449 g/mol. The molecule has 0 aliphatic carbocycles. The molecule has 2 aromatic carbocycles. The lowest BCUT2D eigenvalue weighted by Gasteiger charge is -2.11. The number of benzene rings is 2. The quantitative estimate of drug-likeness (QED) is 0.195. The molecule has 0 unspecified atom stereocenters. The maximum atomic E-state index is 12.2. The Morgan fingerprint density at radius 2 is 1.76 bits per heavy atom. The van der Waals surface area contributed by atoms with Crippen LogP contribution in [0, 0.1) is 13.8 Å². The Hall–Kier alpha value is -4.40. The lowest BCUT2D eigenvalue weighted by Crippen LogP contribution is -2.33. The molecule has 0 atom stereocenters. The first kappa shape index (κ1) is 23.3. The SMILES string of the molecule is COc1cc(/C(C)=N/NC(=O)C(=O)Nc2cc(C)ccc2C)ccc1OC(=O)c1ccco1. The number of furan rings is 1. The highest BCUT2D eigenvalue weighted by Crippen LogP contribution is 2.29. The third-order valence-corrected chi connectivity index (χ3v) is 4.68. The van der Waals surface area contributed by atoms with E-state index in [0.717, 1.165) is 11.1 Å². The number of nitrogens with one attached hydrogen (secondary N) is 2. The van der Waals surface area contributed by atoms with Crippen molar-refractivity contribution in [1.29, 1.82) is 0 Å². The largest absolute Gasteiger partial charge is 0.493 e. The van der Waals surface area contributed by atoms with Crippen molar-refractivity contribution in [2.24, 2.45) is 5.10 Å². The minimum absolute atomic E-state index is 0.0562. The number of hydrogen-bond donors (Lipinski definition) is 2. The Morgan fingerprint density at radius 3 is 2.45 bits per heavy atom. The van der Waals surface area contributed by atoms with Crippen LogP contribution < -0.4 is 20.2 Å². The fraction of sp³-hybridized carbons (Fsp3) is 0.167. The van der Waals surface area contributed by atoms with Crippen molar-refractivity contribution in [3.05, 3.63) is 77.2 Å². The molecular weight excluding hydrogens is 426 g/mol. The molecule has 170 valence electrons. The van der Waals surface area contributed by atoms with Gasteiger partial charge in [-0.15, -0.1) is 0 Å². The van der Waals surface area contributed by atoms with Gasteiger partial charge in [0.05, 0.1) is 19.1 Å². The minimum atomic E-state index is -0.911. The van der Waals surface area contributed by atoms with E-state index in [1.54, 1.807) is 31.2 Å². The van der Waals surface area contributed by atoms with Crippen molar-refractivity contribution in [2.75, 3.05) is 12.4 Å². The number of aryl methyl sites for hydroxylation is 2. The molecule has 3 aromatic rings. The summed E-state index contributed by atoms with van der Waals surface area (Å²) in [6.45, 7) is 5.37. The third kappa shape index (κ3) is 5.85. The Bertz CT molecular complexity index is 1210. The van der Waals surface area contributed by atoms with Crippen LogP contribution >= 0.6 is 0 Å². The molecule has 0 aliphatic heterocycles. The Kier molecular flexibility index (Phi) is 7.24. The molecule has 2 N–H and O–H groups in total. The van der Waals surface area contributed by atoms with E-state index >= 15 is 0 Å². The fourth-order valence-electron chi connectivity index (χ4n) is 2.82. The summed E-state index contributed by atoms with van der Waals surface area (Å²) in [5.41, 5.74) is 5.57. The van der Waals surface area contributed by atoms with Crippen LogP contribution in [-0.2, 0) is 9.59 Å². The van der Waals surface area contributed by atoms with Gasteiger partial charge in [-0.1, -0.05) is 12.1 Å². The van der Waals surface area contributed by atoms with E-state index in [4.69, 9.17) is 13.9 Å². The van der Waals surface area contributed by atoms with Crippen molar-refractivity contribution in [3.8, 4) is 11.5 Å². The summed E-state index contributed by atoms with van der Waals surface area (Å²) < 4.78 is 15.6. The summed E-state index contributed by atoms with van der Waals surface area (Å²) in [5, 5.41) is 6.56. The minimum Gasteiger partial charge on any atom is -0.493 e. The van der Waals surface area contributed by atoms with E-state index in [2.05, 4.69) is 15.8 Å². The molecule has 0 fully saturated rings. The molecule has 2 amide bonds. The van der Waals surface area contributed by atoms with Gasteiger partial charge in [-0.25, -0.2) is 10.2 Å². The van der Waals surface area contributed by atoms with Crippen molar-refractivity contribution >= 4 is 29.2 Å². The number of hydrazone groups is 1. The smallest absolute Gasteiger partial charge is 0.379 e. The lowest BCUT2D eigenvalue weighted by molar-refractivity contribution is -0.136. The van der Waals surface area contributed by atoms with Crippen molar-refractivity contribution in [1.82, 2.24) is 5.43 Å². The zero-order valence-electron chi connectivity index (χ0n) is 18.6. The van der Waals surface area contributed by atoms with Gasteiger partial charge in [0.15, 0.2) is 11.5 Å². The van der Waals surface area contributed by atoms with Crippen LogP contribution in [0.4, 0.5) is 5.69 Å². The molecule has 9 heteroatoms. The number of rotatable bonds is 6. The third-order valence-electron chi connectivity index (χ3n) is 4.68. The second-order valence-corrected chi connectivity index (χ2v) is 7.14. The van der Waals surface area contributed by atoms with Gasteiger partial charge in [-0.05, 0) is 68.3 Å². The number of carbonyl (C=O) groups excluding carboxylic acids is 3. The topological polar surface area (TPSA) is 119 Å². The van der Waals surface area contributed by atoms with Crippen LogP contribution in [0.5, 0.6) is 11.5 Å². The van der Waals surface area contributed by atoms with Gasteiger partial charge in [0, 0.05) is 11.3 Å². The van der Waals surface area contributed by atoms with Crippen LogP contribution in [0.3, 0.4) is 0 Å². The van der Waals surface area contributed by atoms with E-state index in [0.29, 0.717) is 17.0 Å². The zero-order chi connectivity index (χ0) is 24.0. The molecule has 0 radical (unpaired) electrons. The first-order valence-electron chi connectivity index (χ1n) is 9.95. The summed E-state index contributed by atoms with van der Waals surface area (Å²) in [6.07, 6.45) is 1.37. The molecule has 0 bridgehead atoms. The van der Waals surface area contributed by atoms with Crippen LogP contribution in [0.2, 0.25) is 0 Å². The molecule has 1 heterocycles. The van der Waals surface area contributed by atoms with Crippen molar-refractivity contribution in [2.45, 2.75) is 20.8 Å². The van der Waals surface area contributed by atoms with Crippen LogP contribution in [0.1, 0.15) is 34.2 Å². The Labute approximate surface area is 190 Å². The van der Waals surface area contributed by atoms with Crippen LogP contribution in [-0.4, -0.2) is 30.6 Å². The molecule has 1 aromatic heterocycles. The van der Waals surface area contributed by atoms with Crippen LogP contribution in [0.25, 0.3) is 0 Å². The average Bonchev–Trinajstić information content (AvgIpc) is 3.35. The number of esters is 1. The molecule has 0 saturated heterocycles. The fourth-order valence-corrected chi connectivity index (χ4v) is 2.82. The number of hydrogen-bond acceptors (Lipinski definition) is 7. The molecule has 0 saturated carbocycles. The first-order chi connectivity index (χ1) is 15.8. The Morgan fingerprint density at radius 1 is 0.970 bits per heavy atom. The lowest BCUT2D eigenvalue weighted by atomic mass is 10.1. The predicted octanol–water partition coefficient (Wildman–Crippen LogP) is 3.60. The van der Waals surface area contributed by atoms with E-state index < -0.39 is 17.8 Å². The van der Waals surface area contributed by atoms with E-state index in [9.17, 15) is 14.4 Å². The molecule has 9 nitrogen and oxygen atoms in total. The standard InChI is InChI=1S/C24H23N3O6/c1-14-7-8-15(2)18(12-14)25-22(28)23(29)27-26-16(3)17-9-10-19(21(13-17)31-4)33-24(30)20-6-5-11-32-20/h5-13H,1-4H3,(H,25,28)(H,27,29)/b26-16+. The molecule has 33 heavy (non-hydrogen) atoms. The highest BCUT2D eigenvalue weighted by Gasteiger charge is 2.17. The van der Waals surface area contributed by atoms with Gasteiger partial charge < -0.3 is 19.2 Å². The summed E-state index contributed by atoms with van der Waals surface area (Å²) in [5.74, 6) is -1.89. The van der Waals surface area contributed by atoms with Gasteiger partial charge in [0.1, 0.15) is 0 Å². The number of ether oxygens (including phenoxy) is 2. The van der Waals surface area contributed by atoms with Crippen molar-refractivity contribution in [3.63, 3.8) is 0 Å².